The number of rotatable bonds is 6. The standard InChI is InChI=1S/C18H18ClN3O3S/c1-11-3-2-4-12(17(11)19)9-13-10-20-18(26-13)21-14(23)7-8-22-15(24)5-6-16(22)25/h2-4,10H,5-9H2,1H3,(H,20,21,23). The number of carbonyl (C=O) groups is 3. The van der Waals surface area contributed by atoms with Gasteiger partial charge in [-0.2, -0.15) is 0 Å². The predicted molar refractivity (Wildman–Crippen MR) is 100 cm³/mol. The number of thiazole rings is 1. The second-order valence-corrected chi connectivity index (χ2v) is 7.59. The van der Waals surface area contributed by atoms with Crippen LogP contribution in [-0.4, -0.2) is 34.2 Å². The summed E-state index contributed by atoms with van der Waals surface area (Å²) in [7, 11) is 0. The molecule has 1 N–H and O–H groups in total. The molecule has 26 heavy (non-hydrogen) atoms. The van der Waals surface area contributed by atoms with E-state index in [1.807, 2.05) is 25.1 Å². The number of hydrogen-bond donors (Lipinski definition) is 1. The molecule has 8 heteroatoms. The first-order valence-corrected chi connectivity index (χ1v) is 9.45. The van der Waals surface area contributed by atoms with E-state index in [0.717, 1.165) is 25.9 Å². The van der Waals surface area contributed by atoms with Gasteiger partial charge in [0.15, 0.2) is 5.13 Å². The number of halogens is 1. The van der Waals surface area contributed by atoms with Gasteiger partial charge in [0.1, 0.15) is 0 Å². The number of imide groups is 1. The quantitative estimate of drug-likeness (QED) is 0.767. The molecule has 0 spiro atoms. The SMILES string of the molecule is Cc1cccc(Cc2cnc(NC(=O)CCN3C(=O)CCC3=O)s2)c1Cl. The lowest BCUT2D eigenvalue weighted by Gasteiger charge is -2.12. The van der Waals surface area contributed by atoms with Crippen LogP contribution in [0.15, 0.2) is 24.4 Å². The summed E-state index contributed by atoms with van der Waals surface area (Å²) in [4.78, 5) is 41.4. The molecule has 1 aliphatic heterocycles. The average Bonchev–Trinajstić information content (AvgIpc) is 3.17. The molecular formula is C18H18ClN3O3S. The molecule has 0 aliphatic carbocycles. The monoisotopic (exact) mass is 391 g/mol. The van der Waals surface area contributed by atoms with E-state index in [0.29, 0.717) is 11.6 Å². The number of benzene rings is 1. The highest BCUT2D eigenvalue weighted by molar-refractivity contribution is 7.15. The highest BCUT2D eigenvalue weighted by Gasteiger charge is 2.28. The zero-order chi connectivity index (χ0) is 18.7. The Bertz CT molecular complexity index is 849. The maximum atomic E-state index is 12.0. The molecule has 2 aromatic rings. The Kier molecular flexibility index (Phi) is 5.68. The highest BCUT2D eigenvalue weighted by atomic mass is 35.5. The van der Waals surface area contributed by atoms with Crippen molar-refractivity contribution in [3.8, 4) is 0 Å². The zero-order valence-electron chi connectivity index (χ0n) is 14.3. The maximum Gasteiger partial charge on any atom is 0.229 e. The van der Waals surface area contributed by atoms with Crippen LogP contribution in [0.3, 0.4) is 0 Å². The van der Waals surface area contributed by atoms with Gasteiger partial charge >= 0.3 is 0 Å². The molecule has 1 aliphatic rings. The molecule has 1 aromatic carbocycles. The molecule has 136 valence electrons. The third-order valence-electron chi connectivity index (χ3n) is 4.15. The van der Waals surface area contributed by atoms with Crippen molar-refractivity contribution >= 4 is 45.8 Å². The molecule has 3 amide bonds. The van der Waals surface area contributed by atoms with E-state index in [1.54, 1.807) is 6.20 Å². The van der Waals surface area contributed by atoms with Crippen LogP contribution in [-0.2, 0) is 20.8 Å². The number of nitrogens with one attached hydrogen (secondary N) is 1. The molecule has 6 nitrogen and oxygen atoms in total. The minimum absolute atomic E-state index is 0.0656. The second kappa shape index (κ2) is 7.97. The number of anilines is 1. The van der Waals surface area contributed by atoms with Crippen LogP contribution >= 0.6 is 22.9 Å². The maximum absolute atomic E-state index is 12.0. The number of aromatic nitrogens is 1. The Morgan fingerprint density at radius 1 is 1.31 bits per heavy atom. The molecule has 0 atom stereocenters. The van der Waals surface area contributed by atoms with E-state index in [1.165, 1.54) is 11.3 Å². The summed E-state index contributed by atoms with van der Waals surface area (Å²) in [6, 6.07) is 5.89. The van der Waals surface area contributed by atoms with E-state index < -0.39 is 0 Å². The van der Waals surface area contributed by atoms with Crippen LogP contribution in [0.25, 0.3) is 0 Å². The summed E-state index contributed by atoms with van der Waals surface area (Å²) in [5.41, 5.74) is 2.03. The fourth-order valence-corrected chi connectivity index (χ4v) is 3.79. The molecule has 0 bridgehead atoms. The van der Waals surface area contributed by atoms with Crippen molar-refractivity contribution in [2.45, 2.75) is 32.6 Å². The van der Waals surface area contributed by atoms with Gasteiger partial charge in [0.2, 0.25) is 17.7 Å². The van der Waals surface area contributed by atoms with E-state index in [9.17, 15) is 14.4 Å². The molecular weight excluding hydrogens is 374 g/mol. The third-order valence-corrected chi connectivity index (χ3v) is 5.61. The van der Waals surface area contributed by atoms with Crippen molar-refractivity contribution in [1.82, 2.24) is 9.88 Å². The molecule has 0 unspecified atom stereocenters. The van der Waals surface area contributed by atoms with E-state index in [2.05, 4.69) is 10.3 Å². The Morgan fingerprint density at radius 2 is 2.04 bits per heavy atom. The van der Waals surface area contributed by atoms with Gasteiger partial charge in [-0.25, -0.2) is 4.98 Å². The summed E-state index contributed by atoms with van der Waals surface area (Å²) in [5.74, 6) is -0.698. The van der Waals surface area contributed by atoms with Gasteiger partial charge in [0, 0.05) is 48.3 Å². The smallest absolute Gasteiger partial charge is 0.229 e. The first kappa shape index (κ1) is 18.5. The van der Waals surface area contributed by atoms with Gasteiger partial charge in [-0.1, -0.05) is 29.8 Å². The van der Waals surface area contributed by atoms with Crippen molar-refractivity contribution in [2.75, 3.05) is 11.9 Å². The summed E-state index contributed by atoms with van der Waals surface area (Å²) < 4.78 is 0. The lowest BCUT2D eigenvalue weighted by molar-refractivity contribution is -0.138. The number of nitrogens with zero attached hydrogens (tertiary/aromatic N) is 2. The van der Waals surface area contributed by atoms with Crippen molar-refractivity contribution in [2.24, 2.45) is 0 Å². The number of amides is 3. The van der Waals surface area contributed by atoms with E-state index in [-0.39, 0.29) is 43.5 Å². The lowest BCUT2D eigenvalue weighted by atomic mass is 10.1. The largest absolute Gasteiger partial charge is 0.302 e. The van der Waals surface area contributed by atoms with Gasteiger partial charge in [-0.3, -0.25) is 19.3 Å². The Labute approximate surface area is 160 Å². The van der Waals surface area contributed by atoms with Crippen LogP contribution in [0.4, 0.5) is 5.13 Å². The van der Waals surface area contributed by atoms with Crippen LogP contribution in [0, 0.1) is 6.92 Å². The number of hydrogen-bond acceptors (Lipinski definition) is 5. The van der Waals surface area contributed by atoms with Gasteiger partial charge in [-0.15, -0.1) is 11.3 Å². The third kappa shape index (κ3) is 4.28. The minimum atomic E-state index is -0.271. The normalized spacial score (nSPS) is 14.2. The van der Waals surface area contributed by atoms with Crippen molar-refractivity contribution in [1.29, 1.82) is 0 Å². The second-order valence-electron chi connectivity index (χ2n) is 6.09. The van der Waals surface area contributed by atoms with E-state index in [4.69, 9.17) is 11.6 Å². The van der Waals surface area contributed by atoms with Crippen LogP contribution in [0.1, 0.15) is 35.3 Å². The minimum Gasteiger partial charge on any atom is -0.302 e. The molecule has 3 rings (SSSR count). The molecule has 0 radical (unpaired) electrons. The van der Waals surface area contributed by atoms with E-state index >= 15 is 0 Å². The topological polar surface area (TPSA) is 79.4 Å². The van der Waals surface area contributed by atoms with Gasteiger partial charge in [0.25, 0.3) is 0 Å². The Morgan fingerprint density at radius 3 is 2.77 bits per heavy atom. The first-order chi connectivity index (χ1) is 12.4. The summed E-state index contributed by atoms with van der Waals surface area (Å²) in [5, 5.41) is 3.95. The fraction of sp³-hybridized carbons (Fsp3) is 0.333. The first-order valence-electron chi connectivity index (χ1n) is 8.26. The zero-order valence-corrected chi connectivity index (χ0v) is 15.8. The van der Waals surface area contributed by atoms with Crippen molar-refractivity contribution in [3.63, 3.8) is 0 Å². The molecule has 1 aromatic heterocycles. The van der Waals surface area contributed by atoms with Crippen LogP contribution < -0.4 is 5.32 Å². The fourth-order valence-electron chi connectivity index (χ4n) is 2.75. The van der Waals surface area contributed by atoms with Gasteiger partial charge < -0.3 is 5.32 Å². The lowest BCUT2D eigenvalue weighted by Crippen LogP contribution is -2.32. The molecule has 2 heterocycles. The van der Waals surface area contributed by atoms with Crippen LogP contribution in [0.2, 0.25) is 5.02 Å². The van der Waals surface area contributed by atoms with Crippen LogP contribution in [0.5, 0.6) is 0 Å². The summed E-state index contributed by atoms with van der Waals surface area (Å²) >= 11 is 7.70. The molecule has 1 fully saturated rings. The summed E-state index contributed by atoms with van der Waals surface area (Å²) in [6.07, 6.45) is 2.89. The van der Waals surface area contributed by atoms with Gasteiger partial charge in [-0.05, 0) is 18.1 Å². The molecule has 1 saturated heterocycles. The highest BCUT2D eigenvalue weighted by Crippen LogP contribution is 2.26. The Balaban J connectivity index is 1.54. The van der Waals surface area contributed by atoms with Crippen molar-refractivity contribution < 1.29 is 14.4 Å². The Hall–Kier alpha value is -2.25. The summed E-state index contributed by atoms with van der Waals surface area (Å²) in [6.45, 7) is 2.07. The number of aryl methyl sites for hydroxylation is 1. The number of likely N-dealkylation sites (tertiary alicyclic amines) is 1. The van der Waals surface area contributed by atoms with Crippen molar-refractivity contribution in [3.05, 3.63) is 45.4 Å². The average molecular weight is 392 g/mol. The predicted octanol–water partition coefficient (Wildman–Crippen LogP) is 3.17. The number of carbonyl (C=O) groups excluding carboxylic acids is 3. The van der Waals surface area contributed by atoms with Gasteiger partial charge in [0.05, 0.1) is 0 Å². The molecule has 0 saturated carbocycles.